The van der Waals surface area contributed by atoms with Gasteiger partial charge in [0.15, 0.2) is 6.10 Å². The van der Waals surface area contributed by atoms with E-state index in [1.165, 1.54) is 0 Å². The summed E-state index contributed by atoms with van der Waals surface area (Å²) in [5.74, 6) is 1.17. The van der Waals surface area contributed by atoms with Crippen LogP contribution in [0.3, 0.4) is 0 Å². The van der Waals surface area contributed by atoms with Crippen molar-refractivity contribution >= 4 is 17.5 Å². The van der Waals surface area contributed by atoms with Crippen LogP contribution < -0.4 is 14.8 Å². The van der Waals surface area contributed by atoms with Crippen LogP contribution >= 0.6 is 11.6 Å². The van der Waals surface area contributed by atoms with Gasteiger partial charge in [0.1, 0.15) is 11.5 Å². The van der Waals surface area contributed by atoms with E-state index in [0.717, 1.165) is 11.3 Å². The highest BCUT2D eigenvalue weighted by Crippen LogP contribution is 2.18. The lowest BCUT2D eigenvalue weighted by Gasteiger charge is -2.15. The molecule has 0 aliphatic carbocycles. The maximum absolute atomic E-state index is 12.0. The number of nitrogens with one attached hydrogen (secondary N) is 1. The number of halogens is 1. The zero-order chi connectivity index (χ0) is 15.9. The number of hydrogen-bond donors (Lipinski definition) is 1. The van der Waals surface area contributed by atoms with Crippen LogP contribution in [0.5, 0.6) is 11.5 Å². The predicted octanol–water partition coefficient (Wildman–Crippen LogP) is 3.43. The molecule has 22 heavy (non-hydrogen) atoms. The molecule has 0 bridgehead atoms. The average molecular weight is 320 g/mol. The fraction of sp³-hybridized carbons (Fsp3) is 0.235. The normalized spacial score (nSPS) is 11.6. The summed E-state index contributed by atoms with van der Waals surface area (Å²) in [7, 11) is 1.62. The summed E-state index contributed by atoms with van der Waals surface area (Å²) in [6, 6.07) is 14.5. The Hall–Kier alpha value is -2.20. The van der Waals surface area contributed by atoms with Crippen LogP contribution in [-0.4, -0.2) is 19.1 Å². The SMILES string of the molecule is COc1ccc(CNC(=O)C(C)Oc2cccc(Cl)c2)cc1. The number of ether oxygens (including phenoxy) is 2. The second-order valence-electron chi connectivity index (χ2n) is 4.78. The predicted molar refractivity (Wildman–Crippen MR) is 86.4 cm³/mol. The van der Waals surface area contributed by atoms with Gasteiger partial charge in [-0.25, -0.2) is 0 Å². The lowest BCUT2D eigenvalue weighted by molar-refractivity contribution is -0.127. The van der Waals surface area contributed by atoms with Gasteiger partial charge >= 0.3 is 0 Å². The Morgan fingerprint density at radius 2 is 1.91 bits per heavy atom. The molecule has 2 aromatic rings. The van der Waals surface area contributed by atoms with Crippen LogP contribution in [0.25, 0.3) is 0 Å². The molecule has 1 N–H and O–H groups in total. The highest BCUT2D eigenvalue weighted by Gasteiger charge is 2.14. The van der Waals surface area contributed by atoms with Crippen molar-refractivity contribution in [3.63, 3.8) is 0 Å². The fourth-order valence-corrected chi connectivity index (χ4v) is 2.05. The van der Waals surface area contributed by atoms with Crippen LogP contribution in [0.1, 0.15) is 12.5 Å². The van der Waals surface area contributed by atoms with Crippen LogP contribution in [0, 0.1) is 0 Å². The third kappa shape index (κ3) is 4.67. The van der Waals surface area contributed by atoms with Gasteiger partial charge in [-0.3, -0.25) is 4.79 Å². The summed E-state index contributed by atoms with van der Waals surface area (Å²) in [6.45, 7) is 2.14. The van der Waals surface area contributed by atoms with Crippen LogP contribution in [-0.2, 0) is 11.3 Å². The van der Waals surface area contributed by atoms with Gasteiger partial charge in [-0.2, -0.15) is 0 Å². The summed E-state index contributed by atoms with van der Waals surface area (Å²) < 4.78 is 10.7. The Morgan fingerprint density at radius 3 is 2.55 bits per heavy atom. The van der Waals surface area contributed by atoms with Crippen molar-refractivity contribution in [3.05, 3.63) is 59.1 Å². The highest BCUT2D eigenvalue weighted by atomic mass is 35.5. The number of methoxy groups -OCH3 is 1. The molecule has 1 atom stereocenters. The Bertz CT molecular complexity index is 628. The van der Waals surface area contributed by atoms with Crippen molar-refractivity contribution in [1.82, 2.24) is 5.32 Å². The number of hydrogen-bond acceptors (Lipinski definition) is 3. The van der Waals surface area contributed by atoms with Gasteiger partial charge in [0, 0.05) is 11.6 Å². The standard InChI is InChI=1S/C17H18ClNO3/c1-12(22-16-5-3-4-14(18)10-16)17(20)19-11-13-6-8-15(21-2)9-7-13/h3-10,12H,11H2,1-2H3,(H,19,20). The molecule has 0 radical (unpaired) electrons. The van der Waals surface area contributed by atoms with Crippen molar-refractivity contribution in [2.75, 3.05) is 7.11 Å². The topological polar surface area (TPSA) is 47.6 Å². The van der Waals surface area contributed by atoms with Crippen molar-refractivity contribution in [1.29, 1.82) is 0 Å². The lowest BCUT2D eigenvalue weighted by Crippen LogP contribution is -2.35. The summed E-state index contributed by atoms with van der Waals surface area (Å²) in [5, 5.41) is 3.41. The molecule has 1 amide bonds. The molecule has 0 aromatic heterocycles. The first-order valence-electron chi connectivity index (χ1n) is 6.91. The quantitative estimate of drug-likeness (QED) is 0.887. The van der Waals surface area contributed by atoms with E-state index in [1.807, 2.05) is 24.3 Å². The van der Waals surface area contributed by atoms with Gasteiger partial charge in [-0.1, -0.05) is 29.8 Å². The third-order valence-corrected chi connectivity index (χ3v) is 3.34. The molecule has 0 heterocycles. The number of carbonyl (C=O) groups excluding carboxylic acids is 1. The van der Waals surface area contributed by atoms with Crippen LogP contribution in [0.4, 0.5) is 0 Å². The molecule has 2 aromatic carbocycles. The number of carbonyl (C=O) groups is 1. The Morgan fingerprint density at radius 1 is 1.18 bits per heavy atom. The molecule has 0 saturated heterocycles. The molecule has 5 heteroatoms. The van der Waals surface area contributed by atoms with E-state index in [0.29, 0.717) is 17.3 Å². The first-order valence-corrected chi connectivity index (χ1v) is 7.29. The molecular formula is C17H18ClNO3. The first kappa shape index (κ1) is 16.2. The summed E-state index contributed by atoms with van der Waals surface area (Å²) in [5.41, 5.74) is 0.990. The summed E-state index contributed by atoms with van der Waals surface area (Å²) in [4.78, 5) is 12.0. The Kier molecular flexibility index (Phi) is 5.67. The average Bonchev–Trinajstić information content (AvgIpc) is 2.53. The molecule has 116 valence electrons. The van der Waals surface area contributed by atoms with Crippen molar-refractivity contribution in [2.24, 2.45) is 0 Å². The second-order valence-corrected chi connectivity index (χ2v) is 5.22. The number of amides is 1. The monoisotopic (exact) mass is 319 g/mol. The van der Waals surface area contributed by atoms with Crippen LogP contribution in [0.15, 0.2) is 48.5 Å². The van der Waals surface area contributed by atoms with E-state index in [9.17, 15) is 4.79 Å². The van der Waals surface area contributed by atoms with Crippen molar-refractivity contribution in [2.45, 2.75) is 19.6 Å². The summed E-state index contributed by atoms with van der Waals surface area (Å²) in [6.07, 6.45) is -0.600. The number of benzene rings is 2. The van der Waals surface area contributed by atoms with Crippen molar-refractivity contribution in [3.8, 4) is 11.5 Å². The molecule has 1 unspecified atom stereocenters. The smallest absolute Gasteiger partial charge is 0.261 e. The molecule has 0 spiro atoms. The minimum Gasteiger partial charge on any atom is -0.497 e. The minimum absolute atomic E-state index is 0.184. The lowest BCUT2D eigenvalue weighted by atomic mass is 10.2. The van der Waals surface area contributed by atoms with Gasteiger partial charge in [-0.15, -0.1) is 0 Å². The van der Waals surface area contributed by atoms with Gasteiger partial charge < -0.3 is 14.8 Å². The Balaban J connectivity index is 1.85. The van der Waals surface area contributed by atoms with Crippen LogP contribution in [0.2, 0.25) is 5.02 Å². The van der Waals surface area contributed by atoms with E-state index >= 15 is 0 Å². The Labute approximate surface area is 135 Å². The fourth-order valence-electron chi connectivity index (χ4n) is 1.87. The molecule has 2 rings (SSSR count). The van der Waals surface area contributed by atoms with E-state index in [1.54, 1.807) is 38.3 Å². The molecule has 4 nitrogen and oxygen atoms in total. The molecule has 0 fully saturated rings. The second kappa shape index (κ2) is 7.71. The van der Waals surface area contributed by atoms with Gasteiger partial charge in [0.05, 0.1) is 7.11 Å². The molecular weight excluding hydrogens is 302 g/mol. The first-order chi connectivity index (χ1) is 10.6. The minimum atomic E-state index is -0.600. The molecule has 0 aliphatic rings. The van der Waals surface area contributed by atoms with E-state index in [4.69, 9.17) is 21.1 Å². The maximum atomic E-state index is 12.0. The van der Waals surface area contributed by atoms with Gasteiger partial charge in [-0.05, 0) is 42.8 Å². The molecule has 0 saturated carbocycles. The number of rotatable bonds is 6. The van der Waals surface area contributed by atoms with E-state index < -0.39 is 6.10 Å². The van der Waals surface area contributed by atoms with E-state index in [-0.39, 0.29) is 5.91 Å². The highest BCUT2D eigenvalue weighted by molar-refractivity contribution is 6.30. The van der Waals surface area contributed by atoms with Crippen molar-refractivity contribution < 1.29 is 14.3 Å². The maximum Gasteiger partial charge on any atom is 0.261 e. The van der Waals surface area contributed by atoms with E-state index in [2.05, 4.69) is 5.32 Å². The largest absolute Gasteiger partial charge is 0.497 e. The van der Waals surface area contributed by atoms with Gasteiger partial charge in [0.2, 0.25) is 0 Å². The third-order valence-electron chi connectivity index (χ3n) is 3.10. The van der Waals surface area contributed by atoms with Gasteiger partial charge in [0.25, 0.3) is 5.91 Å². The molecule has 0 aliphatic heterocycles. The zero-order valence-electron chi connectivity index (χ0n) is 12.5. The summed E-state index contributed by atoms with van der Waals surface area (Å²) >= 11 is 5.88. The zero-order valence-corrected chi connectivity index (χ0v) is 13.3.